The van der Waals surface area contributed by atoms with Crippen LogP contribution >= 0.6 is 7.82 Å². The van der Waals surface area contributed by atoms with Crippen molar-refractivity contribution < 1.29 is 28.7 Å². The number of aliphatic hydroxyl groups is 1. The molecule has 0 rings (SSSR count). The summed E-state index contributed by atoms with van der Waals surface area (Å²) >= 11 is 0. The second kappa shape index (κ2) is 19.9. The minimum Gasteiger partial charge on any atom is -0.388 e. The van der Waals surface area contributed by atoms with Crippen molar-refractivity contribution in [2.24, 2.45) is 0 Å². The van der Waals surface area contributed by atoms with Gasteiger partial charge < -0.3 is 19.6 Å². The van der Waals surface area contributed by atoms with Gasteiger partial charge in [0.2, 0.25) is 0 Å². The number of hydrogen-bond donors (Lipinski definition) is 3. The number of hydrogen-bond acceptors (Lipinski definition) is 4. The summed E-state index contributed by atoms with van der Waals surface area (Å²) in [5.74, 6) is 0. The fourth-order valence-electron chi connectivity index (χ4n) is 3.27. The Bertz CT molecular complexity index is 781. The first-order valence-corrected chi connectivity index (χ1v) is 14.1. The molecule has 3 N–H and O–H groups in total. The van der Waals surface area contributed by atoms with Crippen molar-refractivity contribution in [3.8, 4) is 0 Å². The summed E-state index contributed by atoms with van der Waals surface area (Å²) in [5.41, 5.74) is 6.94. The molecule has 0 aliphatic carbocycles. The highest BCUT2D eigenvalue weighted by molar-refractivity contribution is 7.46. The lowest BCUT2D eigenvalue weighted by Crippen LogP contribution is -2.21. The van der Waals surface area contributed by atoms with E-state index in [0.29, 0.717) is 6.61 Å². The van der Waals surface area contributed by atoms with Crippen LogP contribution in [-0.2, 0) is 13.8 Å². The highest BCUT2D eigenvalue weighted by atomic mass is 31.2. The molecule has 6 nitrogen and oxygen atoms in total. The Labute approximate surface area is 213 Å². The second-order valence-corrected chi connectivity index (χ2v) is 10.9. The van der Waals surface area contributed by atoms with E-state index in [0.717, 1.165) is 51.4 Å². The van der Waals surface area contributed by atoms with Crippen LogP contribution in [0.3, 0.4) is 0 Å². The zero-order valence-corrected chi connectivity index (χ0v) is 23.7. The minimum absolute atomic E-state index is 0.0398. The van der Waals surface area contributed by atoms with Gasteiger partial charge in [-0.15, -0.1) is 0 Å². The van der Waals surface area contributed by atoms with Crippen molar-refractivity contribution >= 4 is 7.82 Å². The largest absolute Gasteiger partial charge is 0.469 e. The normalized spacial score (nSPS) is 14.9. The van der Waals surface area contributed by atoms with Gasteiger partial charge in [-0.25, -0.2) is 4.57 Å². The molecule has 0 spiro atoms. The van der Waals surface area contributed by atoms with Gasteiger partial charge in [-0.3, -0.25) is 4.52 Å². The Morgan fingerprint density at radius 3 is 1.49 bits per heavy atom. The third kappa shape index (κ3) is 24.2. The molecule has 0 fully saturated rings. The summed E-state index contributed by atoms with van der Waals surface area (Å²) in [6.45, 7) is 12.8. The quantitative estimate of drug-likeness (QED) is 0.0951. The topological polar surface area (TPSA) is 96.2 Å². The molecule has 0 unspecified atom stereocenters. The molecule has 0 saturated heterocycles. The predicted octanol–water partition coefficient (Wildman–Crippen LogP) is 7.35. The van der Waals surface area contributed by atoms with Gasteiger partial charge >= 0.3 is 7.82 Å². The van der Waals surface area contributed by atoms with Crippen LogP contribution in [0.1, 0.15) is 92.9 Å². The van der Waals surface area contributed by atoms with E-state index >= 15 is 0 Å². The van der Waals surface area contributed by atoms with Crippen LogP contribution in [0.15, 0.2) is 58.2 Å². The molecule has 0 bridgehead atoms. The van der Waals surface area contributed by atoms with E-state index < -0.39 is 20.5 Å². The second-order valence-electron chi connectivity index (χ2n) is 9.62. The Kier molecular flexibility index (Phi) is 19.1. The highest BCUT2D eigenvalue weighted by Gasteiger charge is 2.16. The molecule has 0 radical (unpaired) electrons. The van der Waals surface area contributed by atoms with Gasteiger partial charge in [0.25, 0.3) is 0 Å². The van der Waals surface area contributed by atoms with Gasteiger partial charge in [0, 0.05) is 0 Å². The number of rotatable bonds is 19. The van der Waals surface area contributed by atoms with E-state index in [1.807, 2.05) is 13.0 Å². The molecular weight excluding hydrogens is 463 g/mol. The Hall–Kier alpha value is -1.27. The van der Waals surface area contributed by atoms with E-state index in [-0.39, 0.29) is 6.61 Å². The summed E-state index contributed by atoms with van der Waals surface area (Å²) in [7, 11) is -4.56. The summed E-state index contributed by atoms with van der Waals surface area (Å²) in [4.78, 5) is 17.2. The van der Waals surface area contributed by atoms with Crippen LogP contribution < -0.4 is 0 Å². The van der Waals surface area contributed by atoms with Crippen molar-refractivity contribution in [3.63, 3.8) is 0 Å². The highest BCUT2D eigenvalue weighted by Crippen LogP contribution is 2.35. The zero-order valence-electron chi connectivity index (χ0n) is 22.8. The van der Waals surface area contributed by atoms with E-state index in [9.17, 15) is 9.67 Å². The molecule has 0 saturated carbocycles. The number of phosphoric ester groups is 1. The first kappa shape index (κ1) is 33.7. The smallest absolute Gasteiger partial charge is 0.388 e. The number of aliphatic hydroxyl groups excluding tert-OH is 1. The fourth-order valence-corrected chi connectivity index (χ4v) is 3.64. The lowest BCUT2D eigenvalue weighted by molar-refractivity contribution is 0.0139. The molecular formula is C28H49O6P. The number of allylic oxidation sites excluding steroid dienone is 9. The molecule has 0 aromatic heterocycles. The van der Waals surface area contributed by atoms with Gasteiger partial charge in [-0.1, -0.05) is 58.2 Å². The molecule has 35 heavy (non-hydrogen) atoms. The van der Waals surface area contributed by atoms with E-state index in [1.54, 1.807) is 0 Å². The molecule has 0 aliphatic heterocycles. The van der Waals surface area contributed by atoms with Crippen molar-refractivity contribution in [2.45, 2.75) is 99.0 Å². The summed E-state index contributed by atoms with van der Waals surface area (Å²) in [6, 6.07) is 0. The van der Waals surface area contributed by atoms with E-state index in [1.165, 1.54) is 27.9 Å². The van der Waals surface area contributed by atoms with Crippen molar-refractivity contribution in [1.29, 1.82) is 0 Å². The summed E-state index contributed by atoms with van der Waals surface area (Å²) < 4.78 is 20.1. The first-order valence-electron chi connectivity index (χ1n) is 12.6. The average molecular weight is 513 g/mol. The lowest BCUT2D eigenvalue weighted by atomic mass is 10.0. The van der Waals surface area contributed by atoms with Crippen molar-refractivity contribution in [1.82, 2.24) is 0 Å². The molecule has 0 heterocycles. The molecule has 7 heteroatoms. The summed E-state index contributed by atoms with van der Waals surface area (Å²) in [6.07, 6.45) is 18.8. The Morgan fingerprint density at radius 2 is 1.09 bits per heavy atom. The summed E-state index contributed by atoms with van der Waals surface area (Å²) in [5, 5.41) is 9.56. The van der Waals surface area contributed by atoms with Crippen molar-refractivity contribution in [2.75, 3.05) is 19.8 Å². The van der Waals surface area contributed by atoms with Crippen LogP contribution in [0.5, 0.6) is 0 Å². The average Bonchev–Trinajstić information content (AvgIpc) is 2.74. The third-order valence-corrected chi connectivity index (χ3v) is 5.97. The van der Waals surface area contributed by atoms with Gasteiger partial charge in [-0.05, 0) is 92.9 Å². The Morgan fingerprint density at radius 1 is 0.686 bits per heavy atom. The minimum atomic E-state index is -4.56. The van der Waals surface area contributed by atoms with Crippen LogP contribution in [0, 0.1) is 0 Å². The van der Waals surface area contributed by atoms with Gasteiger partial charge in [0.15, 0.2) is 0 Å². The SMILES string of the molecule is CC(C)=CCC/C(C)=C/CC/C(C)=C/CC/C(C)=C/CC/C(C)=C/COC[C@H](O)COP(=O)(O)O. The third-order valence-electron chi connectivity index (χ3n) is 5.48. The van der Waals surface area contributed by atoms with Gasteiger partial charge in [-0.2, -0.15) is 0 Å². The number of phosphoric acid groups is 1. The molecule has 0 aliphatic rings. The van der Waals surface area contributed by atoms with Crippen LogP contribution in [0.25, 0.3) is 0 Å². The maximum absolute atomic E-state index is 10.6. The maximum Gasteiger partial charge on any atom is 0.469 e. The molecule has 1 atom stereocenters. The predicted molar refractivity (Wildman–Crippen MR) is 146 cm³/mol. The molecule has 0 amide bonds. The standard InChI is InChI=1S/C28H49O6P/c1-23(2)11-7-12-24(3)13-8-14-25(4)15-9-16-26(5)17-10-18-27(6)19-20-33-21-28(29)22-34-35(30,31)32/h11,13,15,17,19,28-29H,7-10,12,14,16,18,20-22H2,1-6H3,(H2,30,31,32)/b24-13+,25-15+,26-17+,27-19+/t28-/m0/s1. The fraction of sp³-hybridized carbons (Fsp3) is 0.643. The van der Waals surface area contributed by atoms with E-state index in [2.05, 4.69) is 63.4 Å². The monoisotopic (exact) mass is 512 g/mol. The maximum atomic E-state index is 10.6. The van der Waals surface area contributed by atoms with E-state index in [4.69, 9.17) is 14.5 Å². The van der Waals surface area contributed by atoms with Crippen LogP contribution in [0.4, 0.5) is 0 Å². The number of ether oxygens (including phenoxy) is 1. The van der Waals surface area contributed by atoms with Gasteiger partial charge in [0.05, 0.1) is 19.8 Å². The lowest BCUT2D eigenvalue weighted by Gasteiger charge is -2.11. The van der Waals surface area contributed by atoms with Crippen molar-refractivity contribution in [3.05, 3.63) is 58.2 Å². The molecule has 0 aromatic rings. The van der Waals surface area contributed by atoms with Gasteiger partial charge in [0.1, 0.15) is 6.10 Å². The molecule has 202 valence electrons. The first-order chi connectivity index (χ1) is 16.4. The molecule has 0 aromatic carbocycles. The van der Waals surface area contributed by atoms with Crippen LogP contribution in [0.2, 0.25) is 0 Å². The zero-order chi connectivity index (χ0) is 26.7. The van der Waals surface area contributed by atoms with Crippen LogP contribution in [-0.4, -0.2) is 40.8 Å². The Balaban J connectivity index is 4.06.